The Hall–Kier alpha value is -2.35. The number of nitrogens with zero attached hydrogens (tertiary/aromatic N) is 2. The van der Waals surface area contributed by atoms with Crippen LogP contribution in [0.1, 0.15) is 22.6 Å². The van der Waals surface area contributed by atoms with Crippen LogP contribution in [0, 0.1) is 0 Å². The Labute approximate surface area is 154 Å². The van der Waals surface area contributed by atoms with Crippen molar-refractivity contribution in [1.82, 2.24) is 19.9 Å². The first-order valence-electron chi connectivity index (χ1n) is 6.97. The highest BCUT2D eigenvalue weighted by atomic mass is 35.5. The van der Waals surface area contributed by atoms with Gasteiger partial charge in [-0.05, 0) is 40.9 Å². The Kier molecular flexibility index (Phi) is 3.79. The quantitative estimate of drug-likeness (QED) is 0.481. The number of nitrogens with one attached hydrogen (secondary N) is 2. The van der Waals surface area contributed by atoms with Crippen LogP contribution in [0.3, 0.4) is 0 Å². The predicted molar refractivity (Wildman–Crippen MR) is 92.2 cm³/mol. The highest BCUT2D eigenvalue weighted by molar-refractivity contribution is 6.30. The first-order valence-corrected chi connectivity index (χ1v) is 8.10. The Morgan fingerprint density at radius 3 is 2.00 bits per heavy atom. The average Bonchev–Trinajstić information content (AvgIpc) is 2.52. The van der Waals surface area contributed by atoms with Crippen LogP contribution in [0.15, 0.2) is 33.9 Å². The second kappa shape index (κ2) is 5.87. The van der Waals surface area contributed by atoms with E-state index >= 15 is 0 Å². The van der Waals surface area contributed by atoms with Gasteiger partial charge in [0.05, 0.1) is 17.0 Å². The van der Waals surface area contributed by atoms with E-state index in [-0.39, 0.29) is 33.5 Å². The van der Waals surface area contributed by atoms with E-state index in [2.05, 4.69) is 19.9 Å². The highest BCUT2D eigenvalue weighted by Gasteiger charge is 2.36. The van der Waals surface area contributed by atoms with E-state index in [0.29, 0.717) is 10.6 Å². The Bertz CT molecular complexity index is 1060. The molecular formula is C15H7Cl3N4O3. The summed E-state index contributed by atoms with van der Waals surface area (Å²) in [6, 6.07) is 6.77. The molecule has 2 aromatic heterocycles. The first-order chi connectivity index (χ1) is 11.9. The number of aromatic nitrogens is 4. The van der Waals surface area contributed by atoms with E-state index in [1.54, 1.807) is 24.3 Å². The summed E-state index contributed by atoms with van der Waals surface area (Å²) in [6.07, 6.45) is 0. The second-order valence-electron chi connectivity index (χ2n) is 5.24. The molecular weight excluding hydrogens is 391 g/mol. The standard InChI is InChI=1S/C15H7Cl3N4O3/c16-6-3-1-2-5(4-6)7-8-10(23)19-14(17)21-12(8)25-13-9(7)11(24)20-15(18)22-13/h1-4,7H,(H,19,21,23)(H,20,22,24). The molecule has 1 aromatic carbocycles. The van der Waals surface area contributed by atoms with Crippen LogP contribution in [0.4, 0.5) is 0 Å². The van der Waals surface area contributed by atoms with Gasteiger partial charge < -0.3 is 4.74 Å². The fraction of sp³-hybridized carbons (Fsp3) is 0.0667. The predicted octanol–water partition coefficient (Wildman–Crippen LogP) is 3.10. The molecule has 1 aliphatic rings. The van der Waals surface area contributed by atoms with E-state index in [0.717, 1.165) is 0 Å². The molecule has 0 saturated carbocycles. The van der Waals surface area contributed by atoms with Gasteiger partial charge in [-0.2, -0.15) is 9.97 Å². The molecule has 0 fully saturated rings. The lowest BCUT2D eigenvalue weighted by Gasteiger charge is -2.25. The summed E-state index contributed by atoms with van der Waals surface area (Å²) in [6.45, 7) is 0. The number of hydrogen-bond acceptors (Lipinski definition) is 5. The van der Waals surface area contributed by atoms with Crippen LogP contribution in [-0.2, 0) is 0 Å². The van der Waals surface area contributed by atoms with Gasteiger partial charge in [0.15, 0.2) is 0 Å². The number of aromatic amines is 2. The lowest BCUT2D eigenvalue weighted by atomic mass is 9.86. The number of rotatable bonds is 1. The summed E-state index contributed by atoms with van der Waals surface area (Å²) in [5, 5.41) is 0.157. The van der Waals surface area contributed by atoms with Crippen LogP contribution in [0.2, 0.25) is 15.6 Å². The molecule has 0 aliphatic carbocycles. The fourth-order valence-corrected chi connectivity index (χ4v) is 3.31. The zero-order valence-corrected chi connectivity index (χ0v) is 14.4. The number of H-pyrrole nitrogens is 2. The summed E-state index contributed by atoms with van der Waals surface area (Å²) in [5.41, 5.74) is -0.190. The molecule has 7 nitrogen and oxygen atoms in total. The molecule has 2 N–H and O–H groups in total. The van der Waals surface area contributed by atoms with Crippen molar-refractivity contribution >= 4 is 34.8 Å². The van der Waals surface area contributed by atoms with Crippen molar-refractivity contribution in [2.45, 2.75) is 5.92 Å². The molecule has 4 rings (SSSR count). The van der Waals surface area contributed by atoms with Gasteiger partial charge >= 0.3 is 0 Å². The van der Waals surface area contributed by atoms with Gasteiger partial charge in [-0.3, -0.25) is 19.6 Å². The minimum Gasteiger partial charge on any atom is -0.419 e. The molecule has 0 amide bonds. The molecule has 0 atom stereocenters. The van der Waals surface area contributed by atoms with Crippen molar-refractivity contribution in [3.63, 3.8) is 0 Å². The topological polar surface area (TPSA) is 101 Å². The first kappa shape index (κ1) is 16.1. The lowest BCUT2D eigenvalue weighted by molar-refractivity contribution is 0.409. The van der Waals surface area contributed by atoms with Gasteiger partial charge in [0, 0.05) is 5.02 Å². The van der Waals surface area contributed by atoms with Crippen LogP contribution in [-0.4, -0.2) is 19.9 Å². The van der Waals surface area contributed by atoms with Gasteiger partial charge in [-0.15, -0.1) is 0 Å². The minimum atomic E-state index is -0.792. The van der Waals surface area contributed by atoms with E-state index in [9.17, 15) is 9.59 Å². The largest absolute Gasteiger partial charge is 0.419 e. The number of fused-ring (bicyclic) bond motifs is 2. The molecule has 0 unspecified atom stereocenters. The van der Waals surface area contributed by atoms with Crippen molar-refractivity contribution in [3.8, 4) is 11.8 Å². The highest BCUT2D eigenvalue weighted by Crippen LogP contribution is 2.43. The summed E-state index contributed by atoms with van der Waals surface area (Å²) < 4.78 is 5.52. The zero-order chi connectivity index (χ0) is 17.7. The number of benzene rings is 1. The van der Waals surface area contributed by atoms with Crippen LogP contribution in [0.5, 0.6) is 11.8 Å². The third kappa shape index (κ3) is 2.70. The Morgan fingerprint density at radius 2 is 1.48 bits per heavy atom. The molecule has 0 radical (unpaired) electrons. The smallest absolute Gasteiger partial charge is 0.259 e. The lowest BCUT2D eigenvalue weighted by Crippen LogP contribution is -2.29. The molecule has 3 aromatic rings. The second-order valence-corrected chi connectivity index (χ2v) is 6.39. The molecule has 1 aliphatic heterocycles. The monoisotopic (exact) mass is 396 g/mol. The maximum atomic E-state index is 12.5. The van der Waals surface area contributed by atoms with Crippen LogP contribution < -0.4 is 15.9 Å². The van der Waals surface area contributed by atoms with E-state index in [1.807, 2.05) is 0 Å². The van der Waals surface area contributed by atoms with Crippen molar-refractivity contribution in [2.24, 2.45) is 0 Å². The maximum absolute atomic E-state index is 12.5. The Balaban J connectivity index is 2.09. The molecule has 0 bridgehead atoms. The molecule has 0 spiro atoms. The van der Waals surface area contributed by atoms with Crippen molar-refractivity contribution in [1.29, 1.82) is 0 Å². The van der Waals surface area contributed by atoms with Crippen molar-refractivity contribution in [3.05, 3.63) is 77.3 Å². The van der Waals surface area contributed by atoms with Crippen molar-refractivity contribution < 1.29 is 4.74 Å². The average molecular weight is 398 g/mol. The van der Waals surface area contributed by atoms with Gasteiger partial charge in [-0.25, -0.2) is 0 Å². The molecule has 3 heterocycles. The third-order valence-electron chi connectivity index (χ3n) is 3.74. The molecule has 25 heavy (non-hydrogen) atoms. The van der Waals surface area contributed by atoms with Gasteiger partial charge in [0.2, 0.25) is 22.3 Å². The van der Waals surface area contributed by atoms with Gasteiger partial charge in [0.25, 0.3) is 11.1 Å². The fourth-order valence-electron chi connectivity index (χ4n) is 2.79. The van der Waals surface area contributed by atoms with E-state index < -0.39 is 17.0 Å². The van der Waals surface area contributed by atoms with Crippen LogP contribution >= 0.6 is 34.8 Å². The normalized spacial score (nSPS) is 13.1. The summed E-state index contributed by atoms with van der Waals surface area (Å²) in [5.74, 6) is -0.875. The van der Waals surface area contributed by atoms with Crippen molar-refractivity contribution in [2.75, 3.05) is 0 Å². The van der Waals surface area contributed by atoms with Crippen LogP contribution in [0.25, 0.3) is 0 Å². The summed E-state index contributed by atoms with van der Waals surface area (Å²) >= 11 is 17.7. The molecule has 10 heteroatoms. The molecule has 0 saturated heterocycles. The Morgan fingerprint density at radius 1 is 0.920 bits per heavy atom. The minimum absolute atomic E-state index is 0.0413. The summed E-state index contributed by atoms with van der Waals surface area (Å²) in [4.78, 5) is 37.8. The third-order valence-corrected chi connectivity index (χ3v) is 4.33. The van der Waals surface area contributed by atoms with E-state index in [4.69, 9.17) is 39.5 Å². The number of halogens is 3. The maximum Gasteiger partial charge on any atom is 0.259 e. The number of ether oxygens (including phenoxy) is 1. The SMILES string of the molecule is O=c1[nH]c(Cl)nc2c1C(c1cccc(Cl)c1)c1c(nc(Cl)[nH]c1=O)O2. The van der Waals surface area contributed by atoms with Gasteiger partial charge in [-0.1, -0.05) is 23.7 Å². The van der Waals surface area contributed by atoms with E-state index in [1.165, 1.54) is 0 Å². The van der Waals surface area contributed by atoms with Gasteiger partial charge in [0.1, 0.15) is 0 Å². The summed E-state index contributed by atoms with van der Waals surface area (Å²) in [7, 11) is 0. The molecule has 126 valence electrons. The number of hydrogen-bond donors (Lipinski definition) is 2. The zero-order valence-electron chi connectivity index (χ0n) is 12.1.